The number of hydrogen-bond donors (Lipinski definition) is 1. The van der Waals surface area contributed by atoms with Gasteiger partial charge in [-0.05, 0) is 24.3 Å². The normalized spacial score (nSPS) is 14.1. The van der Waals surface area contributed by atoms with Crippen LogP contribution in [0.4, 0.5) is 0 Å². The molecule has 0 aliphatic rings. The summed E-state index contributed by atoms with van der Waals surface area (Å²) in [5, 5.41) is 6.01. The van der Waals surface area contributed by atoms with E-state index in [2.05, 4.69) is 20.8 Å². The molecule has 0 aliphatic carbocycles. The lowest BCUT2D eigenvalue weighted by atomic mass is 9.99. The van der Waals surface area contributed by atoms with E-state index in [0.29, 0.717) is 17.2 Å². The largest absolute Gasteiger partial charge is 0.346 e. The Labute approximate surface area is 120 Å². The quantitative estimate of drug-likeness (QED) is 0.921. The average Bonchev–Trinajstić information content (AvgIpc) is 2.67. The molecule has 0 saturated carbocycles. The van der Waals surface area contributed by atoms with Crippen molar-refractivity contribution < 1.29 is 8.42 Å². The standard InChI is InChI=1S/C15H22N2O2S/c1-11(2)8-12(3)9-17-10-15(20(16,18)19)13-6-4-5-7-14(13)17/h4-7,10-12H,8-9H2,1-3H3,(H2,16,18,19). The molecule has 0 bridgehead atoms. The molecule has 110 valence electrons. The molecule has 1 aromatic carbocycles. The van der Waals surface area contributed by atoms with Crippen LogP contribution in [0.2, 0.25) is 0 Å². The minimum Gasteiger partial charge on any atom is -0.346 e. The Morgan fingerprint density at radius 1 is 1.20 bits per heavy atom. The van der Waals surface area contributed by atoms with Gasteiger partial charge in [-0.15, -0.1) is 0 Å². The first-order valence-corrected chi connectivity index (χ1v) is 8.44. The summed E-state index contributed by atoms with van der Waals surface area (Å²) >= 11 is 0. The van der Waals surface area contributed by atoms with Crippen LogP contribution in [0.5, 0.6) is 0 Å². The molecule has 2 aromatic rings. The molecule has 4 nitrogen and oxygen atoms in total. The van der Waals surface area contributed by atoms with Crippen molar-refractivity contribution in [3.63, 3.8) is 0 Å². The van der Waals surface area contributed by atoms with Crippen molar-refractivity contribution in [1.29, 1.82) is 0 Å². The molecule has 0 amide bonds. The second-order valence-corrected chi connectivity index (χ2v) is 7.47. The van der Waals surface area contributed by atoms with Gasteiger partial charge in [0.1, 0.15) is 4.90 Å². The molecular formula is C15H22N2O2S. The highest BCUT2D eigenvalue weighted by atomic mass is 32.2. The highest BCUT2D eigenvalue weighted by Gasteiger charge is 2.18. The Hall–Kier alpha value is -1.33. The molecule has 2 N–H and O–H groups in total. The maximum Gasteiger partial charge on any atom is 0.240 e. The van der Waals surface area contributed by atoms with Crippen molar-refractivity contribution in [2.24, 2.45) is 17.0 Å². The number of nitrogens with zero attached hydrogens (tertiary/aromatic N) is 1. The maximum atomic E-state index is 11.7. The van der Waals surface area contributed by atoms with Gasteiger partial charge < -0.3 is 4.57 Å². The highest BCUT2D eigenvalue weighted by molar-refractivity contribution is 7.89. The van der Waals surface area contributed by atoms with Crippen LogP contribution in [-0.2, 0) is 16.6 Å². The first kappa shape index (κ1) is 15.1. The van der Waals surface area contributed by atoms with Crippen LogP contribution in [0.1, 0.15) is 27.2 Å². The SMILES string of the molecule is CC(C)CC(C)Cn1cc(S(N)(=O)=O)c2ccccc21. The number of para-hydroxylation sites is 1. The molecule has 0 spiro atoms. The number of aromatic nitrogens is 1. The summed E-state index contributed by atoms with van der Waals surface area (Å²) in [5.41, 5.74) is 0.923. The van der Waals surface area contributed by atoms with Crippen molar-refractivity contribution in [2.45, 2.75) is 38.6 Å². The van der Waals surface area contributed by atoms with Crippen LogP contribution in [0.25, 0.3) is 10.9 Å². The molecule has 1 aromatic heterocycles. The van der Waals surface area contributed by atoms with Gasteiger partial charge >= 0.3 is 0 Å². The number of rotatable bonds is 5. The topological polar surface area (TPSA) is 65.1 Å². The van der Waals surface area contributed by atoms with Gasteiger partial charge in [0.15, 0.2) is 0 Å². The summed E-state index contributed by atoms with van der Waals surface area (Å²) in [6, 6.07) is 7.49. The van der Waals surface area contributed by atoms with Gasteiger partial charge in [0, 0.05) is 23.6 Å². The zero-order valence-corrected chi connectivity index (χ0v) is 13.0. The lowest BCUT2D eigenvalue weighted by Gasteiger charge is -2.15. The van der Waals surface area contributed by atoms with Crippen molar-refractivity contribution >= 4 is 20.9 Å². The average molecular weight is 294 g/mol. The van der Waals surface area contributed by atoms with Crippen molar-refractivity contribution in [3.05, 3.63) is 30.5 Å². The minimum absolute atomic E-state index is 0.213. The number of nitrogens with two attached hydrogens (primary N) is 1. The highest BCUT2D eigenvalue weighted by Crippen LogP contribution is 2.26. The molecule has 1 atom stereocenters. The van der Waals surface area contributed by atoms with Gasteiger partial charge in [0.2, 0.25) is 10.0 Å². The van der Waals surface area contributed by atoms with Crippen LogP contribution >= 0.6 is 0 Å². The first-order chi connectivity index (χ1) is 9.29. The molecule has 0 aliphatic heterocycles. The van der Waals surface area contributed by atoms with E-state index in [1.807, 2.05) is 22.8 Å². The molecule has 20 heavy (non-hydrogen) atoms. The zero-order chi connectivity index (χ0) is 14.9. The second kappa shape index (κ2) is 5.58. The van der Waals surface area contributed by atoms with Gasteiger partial charge in [-0.2, -0.15) is 0 Å². The van der Waals surface area contributed by atoms with E-state index in [1.54, 1.807) is 12.3 Å². The molecular weight excluding hydrogens is 272 g/mol. The Morgan fingerprint density at radius 3 is 2.45 bits per heavy atom. The fourth-order valence-corrected chi connectivity index (χ4v) is 3.56. The third-order valence-corrected chi connectivity index (χ3v) is 4.38. The fraction of sp³-hybridized carbons (Fsp3) is 0.467. The van der Waals surface area contributed by atoms with Crippen LogP contribution in [0.15, 0.2) is 35.4 Å². The van der Waals surface area contributed by atoms with Gasteiger partial charge in [0.25, 0.3) is 0 Å². The third kappa shape index (κ3) is 3.22. The van der Waals surface area contributed by atoms with Gasteiger partial charge in [-0.3, -0.25) is 0 Å². The Balaban J connectivity index is 2.44. The zero-order valence-electron chi connectivity index (χ0n) is 12.2. The first-order valence-electron chi connectivity index (χ1n) is 6.89. The van der Waals surface area contributed by atoms with E-state index in [1.165, 1.54) is 0 Å². The van der Waals surface area contributed by atoms with Crippen molar-refractivity contribution in [2.75, 3.05) is 0 Å². The Bertz CT molecular complexity index is 702. The smallest absolute Gasteiger partial charge is 0.240 e. The third-order valence-electron chi connectivity index (χ3n) is 3.44. The molecule has 0 fully saturated rings. The van der Waals surface area contributed by atoms with E-state index in [4.69, 9.17) is 5.14 Å². The summed E-state index contributed by atoms with van der Waals surface area (Å²) < 4.78 is 25.4. The summed E-state index contributed by atoms with van der Waals surface area (Å²) in [6.07, 6.45) is 2.77. The van der Waals surface area contributed by atoms with E-state index in [0.717, 1.165) is 18.5 Å². The van der Waals surface area contributed by atoms with Gasteiger partial charge in [-0.1, -0.05) is 39.0 Å². The van der Waals surface area contributed by atoms with E-state index in [9.17, 15) is 8.42 Å². The van der Waals surface area contributed by atoms with E-state index in [-0.39, 0.29) is 4.90 Å². The van der Waals surface area contributed by atoms with E-state index < -0.39 is 10.0 Å². The number of hydrogen-bond acceptors (Lipinski definition) is 2. The van der Waals surface area contributed by atoms with Crippen LogP contribution < -0.4 is 5.14 Å². The van der Waals surface area contributed by atoms with Crippen LogP contribution in [0.3, 0.4) is 0 Å². The second-order valence-electron chi connectivity index (χ2n) is 5.94. The number of primary sulfonamides is 1. The van der Waals surface area contributed by atoms with Gasteiger partial charge in [0.05, 0.1) is 0 Å². The molecule has 1 heterocycles. The molecule has 0 radical (unpaired) electrons. The molecule has 0 saturated heterocycles. The van der Waals surface area contributed by atoms with E-state index >= 15 is 0 Å². The lowest BCUT2D eigenvalue weighted by Crippen LogP contribution is -2.12. The number of fused-ring (bicyclic) bond motifs is 1. The minimum atomic E-state index is -3.69. The fourth-order valence-electron chi connectivity index (χ4n) is 2.81. The molecule has 2 rings (SSSR count). The van der Waals surface area contributed by atoms with Gasteiger partial charge in [-0.25, -0.2) is 13.6 Å². The van der Waals surface area contributed by atoms with Crippen molar-refractivity contribution in [1.82, 2.24) is 4.57 Å². The molecule has 5 heteroatoms. The predicted molar refractivity (Wildman–Crippen MR) is 81.9 cm³/mol. The number of sulfonamides is 1. The summed E-state index contributed by atoms with van der Waals surface area (Å²) in [4.78, 5) is 0.213. The Morgan fingerprint density at radius 2 is 1.85 bits per heavy atom. The lowest BCUT2D eigenvalue weighted by molar-refractivity contribution is 0.393. The predicted octanol–water partition coefficient (Wildman–Crippen LogP) is 2.97. The van der Waals surface area contributed by atoms with Crippen LogP contribution in [0, 0.1) is 11.8 Å². The van der Waals surface area contributed by atoms with Crippen molar-refractivity contribution in [3.8, 4) is 0 Å². The van der Waals surface area contributed by atoms with Crippen LogP contribution in [-0.4, -0.2) is 13.0 Å². The Kier molecular flexibility index (Phi) is 4.20. The monoisotopic (exact) mass is 294 g/mol. The number of benzene rings is 1. The maximum absolute atomic E-state index is 11.7. The summed E-state index contributed by atoms with van der Waals surface area (Å²) in [6.45, 7) is 7.37. The molecule has 1 unspecified atom stereocenters. The summed E-state index contributed by atoms with van der Waals surface area (Å²) in [5.74, 6) is 1.11. The summed E-state index contributed by atoms with van der Waals surface area (Å²) in [7, 11) is -3.69.